The second kappa shape index (κ2) is 7.73. The van der Waals surface area contributed by atoms with Gasteiger partial charge in [0.05, 0.1) is 11.2 Å². The van der Waals surface area contributed by atoms with Gasteiger partial charge in [-0.1, -0.05) is 25.4 Å². The van der Waals surface area contributed by atoms with E-state index in [1.54, 1.807) is 4.90 Å². The van der Waals surface area contributed by atoms with E-state index in [9.17, 15) is 9.59 Å². The maximum Gasteiger partial charge on any atom is 0.303 e. The van der Waals surface area contributed by atoms with Crippen molar-refractivity contribution in [3.63, 3.8) is 0 Å². The molecule has 1 aromatic heterocycles. The van der Waals surface area contributed by atoms with E-state index in [2.05, 4.69) is 9.97 Å². The molecule has 1 amide bonds. The molecule has 1 saturated heterocycles. The van der Waals surface area contributed by atoms with Gasteiger partial charge in [0.25, 0.3) is 5.91 Å². The van der Waals surface area contributed by atoms with Crippen molar-refractivity contribution in [3.8, 4) is 0 Å². The van der Waals surface area contributed by atoms with Crippen LogP contribution in [0.2, 0.25) is 5.02 Å². The van der Waals surface area contributed by atoms with Gasteiger partial charge in [0, 0.05) is 25.4 Å². The van der Waals surface area contributed by atoms with E-state index in [4.69, 9.17) is 16.7 Å². The molecule has 0 aromatic carbocycles. The zero-order chi connectivity index (χ0) is 17.0. The number of aromatic nitrogens is 2. The van der Waals surface area contributed by atoms with Crippen molar-refractivity contribution in [2.45, 2.75) is 45.4 Å². The van der Waals surface area contributed by atoms with Crippen LogP contribution in [0, 0.1) is 5.92 Å². The molecule has 7 heteroatoms. The predicted molar refractivity (Wildman–Crippen MR) is 86.6 cm³/mol. The van der Waals surface area contributed by atoms with E-state index in [0.717, 1.165) is 12.8 Å². The number of likely N-dealkylation sites (tertiary alicyclic amines) is 1. The van der Waals surface area contributed by atoms with Crippen molar-refractivity contribution < 1.29 is 14.7 Å². The molecule has 1 N–H and O–H groups in total. The number of nitrogens with zero attached hydrogens (tertiary/aromatic N) is 3. The van der Waals surface area contributed by atoms with Crippen molar-refractivity contribution >= 4 is 23.5 Å². The lowest BCUT2D eigenvalue weighted by Crippen LogP contribution is -2.39. The van der Waals surface area contributed by atoms with Gasteiger partial charge in [-0.2, -0.15) is 0 Å². The summed E-state index contributed by atoms with van der Waals surface area (Å²) in [6.07, 6.45) is 3.98. The number of carbonyl (C=O) groups excluding carboxylic acids is 1. The van der Waals surface area contributed by atoms with Crippen molar-refractivity contribution in [2.24, 2.45) is 5.92 Å². The third-order valence-electron chi connectivity index (χ3n) is 4.15. The third-order valence-corrected chi connectivity index (χ3v) is 4.43. The van der Waals surface area contributed by atoms with Gasteiger partial charge in [-0.25, -0.2) is 9.97 Å². The Morgan fingerprint density at radius 1 is 1.39 bits per heavy atom. The Balaban J connectivity index is 2.00. The fourth-order valence-corrected chi connectivity index (χ4v) is 2.88. The molecular formula is C16H22ClN3O3. The zero-order valence-corrected chi connectivity index (χ0v) is 14.2. The Hall–Kier alpha value is -1.69. The summed E-state index contributed by atoms with van der Waals surface area (Å²) in [6.45, 7) is 5.15. The van der Waals surface area contributed by atoms with Crippen LogP contribution in [-0.2, 0) is 4.79 Å². The number of aliphatic carboxylic acids is 1. The number of amides is 1. The molecule has 1 fully saturated rings. The molecule has 0 bridgehead atoms. The van der Waals surface area contributed by atoms with Gasteiger partial charge >= 0.3 is 5.97 Å². The second-order valence-corrected chi connectivity index (χ2v) is 6.65. The van der Waals surface area contributed by atoms with Gasteiger partial charge < -0.3 is 10.0 Å². The van der Waals surface area contributed by atoms with E-state index >= 15 is 0 Å². The predicted octanol–water partition coefficient (Wildman–Crippen LogP) is 2.97. The van der Waals surface area contributed by atoms with Gasteiger partial charge in [-0.15, -0.1) is 0 Å². The smallest absolute Gasteiger partial charge is 0.303 e. The largest absolute Gasteiger partial charge is 0.481 e. The average molecular weight is 340 g/mol. The minimum Gasteiger partial charge on any atom is -0.481 e. The molecule has 6 nitrogen and oxygen atoms in total. The molecule has 1 aliphatic rings. The first-order valence-corrected chi connectivity index (χ1v) is 8.29. The van der Waals surface area contributed by atoms with Crippen molar-refractivity contribution in [1.82, 2.24) is 14.9 Å². The number of hydrogen-bond acceptors (Lipinski definition) is 4. The molecule has 0 atom stereocenters. The quantitative estimate of drug-likeness (QED) is 0.891. The normalized spacial score (nSPS) is 15.9. The number of piperidine rings is 1. The van der Waals surface area contributed by atoms with Gasteiger partial charge in [-0.3, -0.25) is 9.59 Å². The van der Waals surface area contributed by atoms with Crippen LogP contribution in [0.4, 0.5) is 0 Å². The van der Waals surface area contributed by atoms with E-state index in [0.29, 0.717) is 31.3 Å². The molecule has 0 aliphatic carbocycles. The average Bonchev–Trinajstić information content (AvgIpc) is 2.53. The lowest BCUT2D eigenvalue weighted by atomic mass is 9.92. The van der Waals surface area contributed by atoms with Crippen LogP contribution in [-0.4, -0.2) is 44.9 Å². The molecule has 23 heavy (non-hydrogen) atoms. The molecule has 0 saturated carbocycles. The molecule has 0 radical (unpaired) electrons. The molecule has 1 aliphatic heterocycles. The highest BCUT2D eigenvalue weighted by Gasteiger charge is 2.26. The highest BCUT2D eigenvalue weighted by molar-refractivity contribution is 6.33. The SMILES string of the molecule is CC(C)c1ncc(Cl)c(C(=O)N2CCC(CCC(=O)O)CC2)n1. The fraction of sp³-hybridized carbons (Fsp3) is 0.625. The lowest BCUT2D eigenvalue weighted by molar-refractivity contribution is -0.137. The molecule has 2 rings (SSSR count). The molecule has 2 heterocycles. The number of carboxylic acid groups (broad SMARTS) is 1. The van der Waals surface area contributed by atoms with Gasteiger partial charge in [0.1, 0.15) is 5.82 Å². The second-order valence-electron chi connectivity index (χ2n) is 6.25. The summed E-state index contributed by atoms with van der Waals surface area (Å²) in [6, 6.07) is 0. The fourth-order valence-electron chi connectivity index (χ4n) is 2.71. The zero-order valence-electron chi connectivity index (χ0n) is 13.5. The Morgan fingerprint density at radius 3 is 2.61 bits per heavy atom. The Kier molecular flexibility index (Phi) is 5.93. The molecule has 0 spiro atoms. The van der Waals surface area contributed by atoms with Crippen LogP contribution < -0.4 is 0 Å². The number of hydrogen-bond donors (Lipinski definition) is 1. The van der Waals surface area contributed by atoms with E-state index in [-0.39, 0.29) is 29.0 Å². The minimum absolute atomic E-state index is 0.126. The summed E-state index contributed by atoms with van der Waals surface area (Å²) in [5.41, 5.74) is 0.259. The third kappa shape index (κ3) is 4.64. The topological polar surface area (TPSA) is 83.4 Å². The summed E-state index contributed by atoms with van der Waals surface area (Å²) in [5, 5.41) is 9.01. The van der Waals surface area contributed by atoms with Crippen LogP contribution >= 0.6 is 11.6 Å². The first kappa shape index (κ1) is 17.7. The Labute approximate surface area is 140 Å². The van der Waals surface area contributed by atoms with Crippen molar-refractivity contribution in [2.75, 3.05) is 13.1 Å². The van der Waals surface area contributed by atoms with Crippen LogP contribution in [0.15, 0.2) is 6.20 Å². The number of carbonyl (C=O) groups is 2. The Bertz CT molecular complexity index is 584. The summed E-state index contributed by atoms with van der Waals surface area (Å²) in [5.74, 6) is 0.158. The highest BCUT2D eigenvalue weighted by Crippen LogP contribution is 2.24. The van der Waals surface area contributed by atoms with Gasteiger partial charge in [-0.05, 0) is 25.2 Å². The molecular weight excluding hydrogens is 318 g/mol. The van der Waals surface area contributed by atoms with E-state index in [1.807, 2.05) is 13.8 Å². The van der Waals surface area contributed by atoms with Crippen LogP contribution in [0.5, 0.6) is 0 Å². The van der Waals surface area contributed by atoms with E-state index in [1.165, 1.54) is 6.20 Å². The first-order chi connectivity index (χ1) is 10.9. The monoisotopic (exact) mass is 339 g/mol. The van der Waals surface area contributed by atoms with Gasteiger partial charge in [0.2, 0.25) is 0 Å². The molecule has 0 unspecified atom stereocenters. The maximum absolute atomic E-state index is 12.6. The first-order valence-electron chi connectivity index (χ1n) is 7.92. The van der Waals surface area contributed by atoms with Crippen LogP contribution in [0.25, 0.3) is 0 Å². The number of rotatable bonds is 5. The standard InChI is InChI=1S/C16H22ClN3O3/c1-10(2)15-18-9-12(17)14(19-15)16(23)20-7-5-11(6-8-20)3-4-13(21)22/h9-11H,3-8H2,1-2H3,(H,21,22). The number of halogens is 1. The van der Waals surface area contributed by atoms with Crippen molar-refractivity contribution in [1.29, 1.82) is 0 Å². The summed E-state index contributed by atoms with van der Waals surface area (Å²) in [4.78, 5) is 33.5. The summed E-state index contributed by atoms with van der Waals surface area (Å²) < 4.78 is 0. The van der Waals surface area contributed by atoms with E-state index < -0.39 is 5.97 Å². The minimum atomic E-state index is -0.766. The molecule has 126 valence electrons. The van der Waals surface area contributed by atoms with Crippen LogP contribution in [0.1, 0.15) is 61.8 Å². The van der Waals surface area contributed by atoms with Gasteiger partial charge in [0.15, 0.2) is 5.69 Å². The number of carboxylic acids is 1. The maximum atomic E-state index is 12.6. The summed E-state index contributed by atoms with van der Waals surface area (Å²) >= 11 is 6.09. The summed E-state index contributed by atoms with van der Waals surface area (Å²) in [7, 11) is 0. The molecule has 1 aromatic rings. The lowest BCUT2D eigenvalue weighted by Gasteiger charge is -2.31. The van der Waals surface area contributed by atoms with Crippen LogP contribution in [0.3, 0.4) is 0 Å². The van der Waals surface area contributed by atoms with Crippen molar-refractivity contribution in [3.05, 3.63) is 22.7 Å². The Morgan fingerprint density at radius 2 is 2.04 bits per heavy atom. The highest BCUT2D eigenvalue weighted by atomic mass is 35.5.